The van der Waals surface area contributed by atoms with Gasteiger partial charge in [0, 0.05) is 10.2 Å². The number of esters is 1. The van der Waals surface area contributed by atoms with Crippen molar-refractivity contribution in [3.8, 4) is 0 Å². The molecule has 1 atom stereocenters. The summed E-state index contributed by atoms with van der Waals surface area (Å²) in [7, 11) is 0. The lowest BCUT2D eigenvalue weighted by molar-refractivity contribution is -0.139. The predicted octanol–water partition coefficient (Wildman–Crippen LogP) is 3.61. The first-order chi connectivity index (χ1) is 11.5. The molecule has 1 aromatic heterocycles. The molecule has 1 aliphatic rings. The number of aromatic nitrogens is 3. The van der Waals surface area contributed by atoms with Gasteiger partial charge in [-0.05, 0) is 37.8 Å². The molecule has 1 unspecified atom stereocenters. The lowest BCUT2D eigenvalue weighted by atomic mass is 9.96. The minimum Gasteiger partial charge on any atom is -0.463 e. The monoisotopic (exact) mass is 408 g/mol. The maximum atomic E-state index is 12.6. The van der Waals surface area contributed by atoms with Crippen LogP contribution < -0.4 is 5.32 Å². The van der Waals surface area contributed by atoms with Crippen molar-refractivity contribution in [2.45, 2.75) is 25.0 Å². The molecule has 24 heavy (non-hydrogen) atoms. The molecule has 1 aromatic carbocycles. The number of hydrogen-bond donors (Lipinski definition) is 1. The zero-order valence-electron chi connectivity index (χ0n) is 13.5. The highest BCUT2D eigenvalue weighted by molar-refractivity contribution is 9.10. The minimum absolute atomic E-state index is 0.321. The average molecular weight is 409 g/mol. The van der Waals surface area contributed by atoms with E-state index in [2.05, 4.69) is 31.3 Å². The molecule has 1 aliphatic heterocycles. The van der Waals surface area contributed by atoms with E-state index in [1.165, 1.54) is 11.8 Å². The van der Waals surface area contributed by atoms with Crippen LogP contribution in [0.25, 0.3) is 0 Å². The van der Waals surface area contributed by atoms with Gasteiger partial charge in [-0.25, -0.2) is 9.48 Å². The summed E-state index contributed by atoms with van der Waals surface area (Å²) >= 11 is 4.95. The van der Waals surface area contributed by atoms with E-state index in [4.69, 9.17) is 4.74 Å². The highest BCUT2D eigenvalue weighted by Crippen LogP contribution is 2.37. The number of hydrogen-bond acceptors (Lipinski definition) is 6. The van der Waals surface area contributed by atoms with Gasteiger partial charge in [-0.15, -0.1) is 5.10 Å². The van der Waals surface area contributed by atoms with Crippen LogP contribution in [0.5, 0.6) is 0 Å². The number of carbonyl (C=O) groups is 1. The van der Waals surface area contributed by atoms with Gasteiger partial charge in [-0.1, -0.05) is 39.8 Å². The van der Waals surface area contributed by atoms with Crippen molar-refractivity contribution in [1.29, 1.82) is 0 Å². The molecule has 0 amide bonds. The maximum Gasteiger partial charge on any atom is 0.338 e. The summed E-state index contributed by atoms with van der Waals surface area (Å²) in [5.74, 6) is 0.272. The summed E-state index contributed by atoms with van der Waals surface area (Å²) in [6.07, 6.45) is 1.92. The number of carbonyl (C=O) groups excluding carboxylic acids is 1. The molecule has 0 spiro atoms. The molecular weight excluding hydrogens is 392 g/mol. The van der Waals surface area contributed by atoms with Crippen LogP contribution in [0.15, 0.2) is 45.2 Å². The number of allylic oxidation sites excluding steroid dienone is 1. The second kappa shape index (κ2) is 6.98. The molecular formula is C16H17BrN4O2S. The first-order valence-corrected chi connectivity index (χ1v) is 9.47. The fourth-order valence-electron chi connectivity index (χ4n) is 2.68. The van der Waals surface area contributed by atoms with Crippen LogP contribution in [0.4, 0.5) is 5.95 Å². The Balaban J connectivity index is 2.17. The van der Waals surface area contributed by atoms with Gasteiger partial charge >= 0.3 is 5.97 Å². The van der Waals surface area contributed by atoms with Gasteiger partial charge in [0.2, 0.25) is 11.1 Å². The topological polar surface area (TPSA) is 69.0 Å². The van der Waals surface area contributed by atoms with Crippen molar-refractivity contribution in [3.05, 3.63) is 45.6 Å². The Bertz CT molecular complexity index is 818. The number of halogens is 1. The van der Waals surface area contributed by atoms with Crippen molar-refractivity contribution in [2.75, 3.05) is 18.2 Å². The van der Waals surface area contributed by atoms with Crippen LogP contribution in [-0.2, 0) is 9.53 Å². The average Bonchev–Trinajstić information content (AvgIpc) is 2.96. The Morgan fingerprint density at radius 2 is 2.29 bits per heavy atom. The molecule has 6 nitrogen and oxygen atoms in total. The van der Waals surface area contributed by atoms with Crippen molar-refractivity contribution in [1.82, 2.24) is 14.8 Å². The third-order valence-corrected chi connectivity index (χ3v) is 4.71. The largest absolute Gasteiger partial charge is 0.463 e. The molecule has 2 heterocycles. The number of nitrogens with zero attached hydrogens (tertiary/aromatic N) is 3. The van der Waals surface area contributed by atoms with Gasteiger partial charge in [-0.2, -0.15) is 4.98 Å². The van der Waals surface area contributed by atoms with E-state index in [9.17, 15) is 4.79 Å². The van der Waals surface area contributed by atoms with Crippen molar-refractivity contribution in [3.63, 3.8) is 0 Å². The van der Waals surface area contributed by atoms with E-state index in [1.807, 2.05) is 37.4 Å². The predicted molar refractivity (Wildman–Crippen MR) is 97.0 cm³/mol. The number of ether oxygens (including phenoxy) is 1. The molecule has 0 saturated carbocycles. The lowest BCUT2D eigenvalue weighted by Crippen LogP contribution is -2.29. The molecule has 0 radical (unpaired) electrons. The fourth-order valence-corrected chi connectivity index (χ4v) is 3.44. The second-order valence-corrected chi connectivity index (χ2v) is 6.90. The first kappa shape index (κ1) is 17.0. The van der Waals surface area contributed by atoms with E-state index in [0.29, 0.717) is 23.3 Å². The van der Waals surface area contributed by atoms with Crippen LogP contribution in [0, 0.1) is 0 Å². The van der Waals surface area contributed by atoms with E-state index in [0.717, 1.165) is 15.7 Å². The molecule has 8 heteroatoms. The lowest BCUT2D eigenvalue weighted by Gasteiger charge is -2.28. The Morgan fingerprint density at radius 1 is 1.50 bits per heavy atom. The highest BCUT2D eigenvalue weighted by atomic mass is 79.9. The molecule has 2 aromatic rings. The summed E-state index contributed by atoms with van der Waals surface area (Å²) in [6.45, 7) is 3.97. The van der Waals surface area contributed by atoms with Gasteiger partial charge < -0.3 is 10.1 Å². The zero-order valence-corrected chi connectivity index (χ0v) is 15.9. The second-order valence-electron chi connectivity index (χ2n) is 5.21. The normalized spacial score (nSPS) is 16.6. The van der Waals surface area contributed by atoms with Gasteiger partial charge in [-0.3, -0.25) is 0 Å². The van der Waals surface area contributed by atoms with Crippen LogP contribution in [0.3, 0.4) is 0 Å². The van der Waals surface area contributed by atoms with E-state index in [-0.39, 0.29) is 12.0 Å². The molecule has 0 saturated heterocycles. The summed E-state index contributed by atoms with van der Waals surface area (Å²) in [6, 6.07) is 7.45. The molecule has 1 N–H and O–H groups in total. The molecule has 0 bridgehead atoms. The smallest absolute Gasteiger partial charge is 0.338 e. The number of fused-ring (bicyclic) bond motifs is 1. The van der Waals surface area contributed by atoms with Crippen LogP contribution in [0.2, 0.25) is 0 Å². The summed E-state index contributed by atoms with van der Waals surface area (Å²) in [5, 5.41) is 8.34. The van der Waals surface area contributed by atoms with Crippen LogP contribution in [0.1, 0.15) is 25.5 Å². The molecule has 0 fully saturated rings. The summed E-state index contributed by atoms with van der Waals surface area (Å²) in [4.78, 5) is 17.0. The van der Waals surface area contributed by atoms with Gasteiger partial charge in [0.25, 0.3) is 0 Å². The van der Waals surface area contributed by atoms with Gasteiger partial charge in [0.05, 0.1) is 12.2 Å². The Kier molecular flexibility index (Phi) is 4.96. The molecule has 126 valence electrons. The molecule has 0 aliphatic carbocycles. The minimum atomic E-state index is -0.383. The van der Waals surface area contributed by atoms with Crippen LogP contribution >= 0.6 is 27.7 Å². The number of nitrogens with one attached hydrogen (secondary N) is 1. The maximum absolute atomic E-state index is 12.6. The first-order valence-electron chi connectivity index (χ1n) is 7.46. The Hall–Kier alpha value is -1.80. The fraction of sp³-hybridized carbons (Fsp3) is 0.312. The summed E-state index contributed by atoms with van der Waals surface area (Å²) < 4.78 is 7.95. The zero-order chi connectivity index (χ0) is 17.3. The Labute approximate surface area is 152 Å². The third-order valence-electron chi connectivity index (χ3n) is 3.68. The number of thioether (sulfide) groups is 1. The standard InChI is InChI=1S/C16H17BrN4O2S/c1-4-23-14(22)12-9(2)18-15-19-16(24-3)20-21(15)13(12)10-6-5-7-11(17)8-10/h5-8,13H,4H2,1-3H3,(H,18,19,20). The van der Waals surface area contributed by atoms with Crippen molar-refractivity contribution < 1.29 is 9.53 Å². The molecule has 3 rings (SSSR count). The number of anilines is 1. The third kappa shape index (κ3) is 3.08. The number of benzene rings is 1. The quantitative estimate of drug-likeness (QED) is 0.615. The van der Waals surface area contributed by atoms with E-state index >= 15 is 0 Å². The Morgan fingerprint density at radius 3 is 2.96 bits per heavy atom. The van der Waals surface area contributed by atoms with Crippen molar-refractivity contribution >= 4 is 39.6 Å². The van der Waals surface area contributed by atoms with Crippen molar-refractivity contribution in [2.24, 2.45) is 0 Å². The van der Waals surface area contributed by atoms with Gasteiger partial charge in [0.15, 0.2) is 0 Å². The van der Waals surface area contributed by atoms with Gasteiger partial charge in [0.1, 0.15) is 6.04 Å². The van der Waals surface area contributed by atoms with Crippen LogP contribution in [-0.4, -0.2) is 33.6 Å². The SMILES string of the molecule is CCOC(=O)C1=C(C)Nc2nc(SC)nn2C1c1cccc(Br)c1. The number of rotatable bonds is 4. The highest BCUT2D eigenvalue weighted by Gasteiger charge is 2.35. The van der Waals surface area contributed by atoms with E-state index < -0.39 is 0 Å². The van der Waals surface area contributed by atoms with E-state index in [1.54, 1.807) is 11.6 Å². The summed E-state index contributed by atoms with van der Waals surface area (Å²) in [5.41, 5.74) is 2.21.